The van der Waals surface area contributed by atoms with Crippen LogP contribution in [0.15, 0.2) is 30.3 Å². The monoisotopic (exact) mass is 299 g/mol. The van der Waals surface area contributed by atoms with Crippen LogP contribution in [0.5, 0.6) is 0 Å². The molecule has 6 nitrogen and oxygen atoms in total. The van der Waals surface area contributed by atoms with E-state index in [0.29, 0.717) is 5.56 Å². The number of benzene rings is 1. The standard InChI is InChI=1S/C13H17NO5S/c1-9(12(14)15)8-20(18,19)11(13(16)17)7-10-5-3-2-4-6-10/h2-6,9,11H,7-8H2,1H3,(H2,14,15)(H,16,17). The lowest BCUT2D eigenvalue weighted by Crippen LogP contribution is -2.38. The molecule has 110 valence electrons. The van der Waals surface area contributed by atoms with Gasteiger partial charge in [-0.3, -0.25) is 9.59 Å². The van der Waals surface area contributed by atoms with Crippen LogP contribution < -0.4 is 5.73 Å². The first-order chi connectivity index (χ1) is 9.24. The van der Waals surface area contributed by atoms with Crippen LogP contribution in [0.2, 0.25) is 0 Å². The van der Waals surface area contributed by atoms with Crippen LogP contribution in [-0.4, -0.2) is 36.4 Å². The molecule has 0 aromatic heterocycles. The molecule has 0 heterocycles. The van der Waals surface area contributed by atoms with Gasteiger partial charge in [-0.2, -0.15) is 0 Å². The number of sulfone groups is 1. The third-order valence-electron chi connectivity index (χ3n) is 2.94. The van der Waals surface area contributed by atoms with Gasteiger partial charge in [0.15, 0.2) is 15.1 Å². The summed E-state index contributed by atoms with van der Waals surface area (Å²) in [6.45, 7) is 1.36. The Labute approximate surface area is 117 Å². The summed E-state index contributed by atoms with van der Waals surface area (Å²) in [5.41, 5.74) is 5.63. The van der Waals surface area contributed by atoms with E-state index < -0.39 is 38.6 Å². The number of carboxylic acid groups (broad SMARTS) is 1. The molecular formula is C13H17NO5S. The zero-order valence-electron chi connectivity index (χ0n) is 11.0. The Morgan fingerprint density at radius 1 is 1.25 bits per heavy atom. The highest BCUT2D eigenvalue weighted by atomic mass is 32.2. The molecule has 0 fully saturated rings. The van der Waals surface area contributed by atoms with E-state index in [0.717, 1.165) is 0 Å². The first kappa shape index (κ1) is 16.2. The van der Waals surface area contributed by atoms with Crippen LogP contribution in [0.4, 0.5) is 0 Å². The molecule has 0 bridgehead atoms. The van der Waals surface area contributed by atoms with Crippen LogP contribution in [-0.2, 0) is 25.8 Å². The van der Waals surface area contributed by atoms with Gasteiger partial charge in [0.25, 0.3) is 0 Å². The minimum atomic E-state index is -3.96. The number of hydrogen-bond acceptors (Lipinski definition) is 4. The highest BCUT2D eigenvalue weighted by Crippen LogP contribution is 2.14. The topological polar surface area (TPSA) is 115 Å². The maximum atomic E-state index is 12.1. The molecule has 1 rings (SSSR count). The van der Waals surface area contributed by atoms with Gasteiger partial charge in [0.2, 0.25) is 5.91 Å². The molecule has 0 aliphatic heterocycles. The summed E-state index contributed by atoms with van der Waals surface area (Å²) in [6, 6.07) is 8.47. The zero-order chi connectivity index (χ0) is 15.3. The SMILES string of the molecule is CC(CS(=O)(=O)C(Cc1ccccc1)C(=O)O)C(N)=O. The number of carboxylic acids is 1. The summed E-state index contributed by atoms with van der Waals surface area (Å²) >= 11 is 0. The average Bonchev–Trinajstić information content (AvgIpc) is 2.36. The van der Waals surface area contributed by atoms with Crippen LogP contribution in [0.3, 0.4) is 0 Å². The van der Waals surface area contributed by atoms with Crippen molar-refractivity contribution >= 4 is 21.7 Å². The predicted octanol–water partition coefficient (Wildman–Crippen LogP) is 0.219. The lowest BCUT2D eigenvalue weighted by Gasteiger charge is -2.15. The number of amides is 1. The van der Waals surface area contributed by atoms with Crippen molar-refractivity contribution in [3.63, 3.8) is 0 Å². The van der Waals surface area contributed by atoms with Crippen molar-refractivity contribution in [2.24, 2.45) is 11.7 Å². The Balaban J connectivity index is 2.96. The summed E-state index contributed by atoms with van der Waals surface area (Å²) < 4.78 is 24.2. The molecule has 2 atom stereocenters. The smallest absolute Gasteiger partial charge is 0.322 e. The van der Waals surface area contributed by atoms with E-state index in [4.69, 9.17) is 10.8 Å². The number of carbonyl (C=O) groups is 2. The van der Waals surface area contributed by atoms with Crippen molar-refractivity contribution in [1.29, 1.82) is 0 Å². The molecule has 1 aromatic carbocycles. The van der Waals surface area contributed by atoms with E-state index in [1.54, 1.807) is 30.3 Å². The third kappa shape index (κ3) is 4.34. The van der Waals surface area contributed by atoms with Gasteiger partial charge in [-0.15, -0.1) is 0 Å². The second-order valence-electron chi connectivity index (χ2n) is 4.65. The molecule has 1 aromatic rings. The fraction of sp³-hybridized carbons (Fsp3) is 0.385. The summed E-state index contributed by atoms with van der Waals surface area (Å²) in [5.74, 6) is -3.67. The molecule has 0 aliphatic rings. The molecule has 7 heteroatoms. The van der Waals surface area contributed by atoms with Gasteiger partial charge in [0.05, 0.1) is 5.75 Å². The zero-order valence-corrected chi connectivity index (χ0v) is 11.8. The molecule has 20 heavy (non-hydrogen) atoms. The number of carbonyl (C=O) groups excluding carboxylic acids is 1. The molecule has 0 saturated heterocycles. The number of aliphatic carboxylic acids is 1. The van der Waals surface area contributed by atoms with Crippen molar-refractivity contribution in [2.45, 2.75) is 18.6 Å². The summed E-state index contributed by atoms with van der Waals surface area (Å²) in [6.07, 6.45) is -0.135. The van der Waals surface area contributed by atoms with Gasteiger partial charge >= 0.3 is 5.97 Å². The summed E-state index contributed by atoms with van der Waals surface area (Å²) in [4.78, 5) is 22.1. The van der Waals surface area contributed by atoms with E-state index in [9.17, 15) is 18.0 Å². The van der Waals surface area contributed by atoms with Gasteiger partial charge in [-0.05, 0) is 12.0 Å². The Kier molecular flexibility index (Phi) is 5.26. The van der Waals surface area contributed by atoms with E-state index >= 15 is 0 Å². The fourth-order valence-corrected chi connectivity index (χ4v) is 3.59. The minimum Gasteiger partial charge on any atom is -0.480 e. The molecule has 0 aliphatic carbocycles. The lowest BCUT2D eigenvalue weighted by molar-refractivity contribution is -0.136. The van der Waals surface area contributed by atoms with Crippen molar-refractivity contribution in [1.82, 2.24) is 0 Å². The molecule has 1 amide bonds. The maximum absolute atomic E-state index is 12.1. The van der Waals surface area contributed by atoms with Gasteiger partial charge in [-0.1, -0.05) is 37.3 Å². The lowest BCUT2D eigenvalue weighted by atomic mass is 10.1. The van der Waals surface area contributed by atoms with E-state index in [-0.39, 0.29) is 6.42 Å². The molecule has 3 N–H and O–H groups in total. The van der Waals surface area contributed by atoms with E-state index in [1.807, 2.05) is 0 Å². The van der Waals surface area contributed by atoms with Crippen molar-refractivity contribution < 1.29 is 23.1 Å². The van der Waals surface area contributed by atoms with Gasteiger partial charge in [0, 0.05) is 5.92 Å². The third-order valence-corrected chi connectivity index (χ3v) is 5.14. The maximum Gasteiger partial charge on any atom is 0.322 e. The van der Waals surface area contributed by atoms with Gasteiger partial charge in [-0.25, -0.2) is 8.42 Å². The fourth-order valence-electron chi connectivity index (χ4n) is 1.74. The van der Waals surface area contributed by atoms with Crippen molar-refractivity contribution in [3.8, 4) is 0 Å². The second kappa shape index (κ2) is 6.51. The van der Waals surface area contributed by atoms with Crippen LogP contribution in [0.1, 0.15) is 12.5 Å². The normalized spacial score (nSPS) is 14.4. The first-order valence-corrected chi connectivity index (χ1v) is 7.73. The largest absolute Gasteiger partial charge is 0.480 e. The number of hydrogen-bond donors (Lipinski definition) is 2. The highest BCUT2D eigenvalue weighted by Gasteiger charge is 2.34. The second-order valence-corrected chi connectivity index (χ2v) is 6.88. The number of rotatable bonds is 7. The Hall–Kier alpha value is -1.89. The molecule has 0 radical (unpaired) electrons. The Morgan fingerprint density at radius 3 is 2.25 bits per heavy atom. The first-order valence-electron chi connectivity index (χ1n) is 6.01. The molecular weight excluding hydrogens is 282 g/mol. The average molecular weight is 299 g/mol. The Morgan fingerprint density at radius 2 is 1.80 bits per heavy atom. The summed E-state index contributed by atoms with van der Waals surface area (Å²) in [5, 5.41) is 7.55. The number of nitrogens with two attached hydrogens (primary N) is 1. The molecule has 2 unspecified atom stereocenters. The molecule has 0 spiro atoms. The molecule has 0 saturated carbocycles. The van der Waals surface area contributed by atoms with E-state index in [2.05, 4.69) is 0 Å². The van der Waals surface area contributed by atoms with Crippen LogP contribution in [0, 0.1) is 5.92 Å². The minimum absolute atomic E-state index is 0.135. The highest BCUT2D eigenvalue weighted by molar-refractivity contribution is 7.92. The quantitative estimate of drug-likeness (QED) is 0.747. The summed E-state index contributed by atoms with van der Waals surface area (Å²) in [7, 11) is -3.96. The predicted molar refractivity (Wildman–Crippen MR) is 73.7 cm³/mol. The van der Waals surface area contributed by atoms with Crippen LogP contribution >= 0.6 is 0 Å². The van der Waals surface area contributed by atoms with Crippen molar-refractivity contribution in [2.75, 3.05) is 5.75 Å². The van der Waals surface area contributed by atoms with Crippen LogP contribution in [0.25, 0.3) is 0 Å². The Bertz CT molecular complexity index is 582. The number of primary amides is 1. The van der Waals surface area contributed by atoms with Gasteiger partial charge < -0.3 is 10.8 Å². The van der Waals surface area contributed by atoms with E-state index in [1.165, 1.54) is 6.92 Å². The van der Waals surface area contributed by atoms with Crippen molar-refractivity contribution in [3.05, 3.63) is 35.9 Å². The van der Waals surface area contributed by atoms with Gasteiger partial charge in [0.1, 0.15) is 0 Å².